The molecule has 1 aromatic carbocycles. The van der Waals surface area contributed by atoms with E-state index in [9.17, 15) is 9.59 Å². The minimum atomic E-state index is -0.232. The summed E-state index contributed by atoms with van der Waals surface area (Å²) in [7, 11) is 1.63. The molecule has 0 N–H and O–H groups in total. The van der Waals surface area contributed by atoms with Gasteiger partial charge in [0.05, 0.1) is 6.54 Å². The molecule has 1 aromatic rings. The van der Waals surface area contributed by atoms with Gasteiger partial charge in [-0.05, 0) is 17.7 Å². The van der Waals surface area contributed by atoms with Crippen LogP contribution in [-0.4, -0.2) is 35.3 Å². The van der Waals surface area contributed by atoms with E-state index in [4.69, 9.17) is 0 Å². The zero-order valence-corrected chi connectivity index (χ0v) is 10.4. The lowest BCUT2D eigenvalue weighted by Crippen LogP contribution is -2.30. The van der Waals surface area contributed by atoms with E-state index in [2.05, 4.69) is 15.9 Å². The molecule has 3 amide bonds. The second kappa shape index (κ2) is 4.25. The number of rotatable bonds is 2. The highest BCUT2D eigenvalue weighted by Gasteiger charge is 2.33. The first kappa shape index (κ1) is 11.1. The Kier molecular flexibility index (Phi) is 2.96. The summed E-state index contributed by atoms with van der Waals surface area (Å²) in [6, 6.07) is 7.35. The molecule has 0 aromatic heterocycles. The summed E-state index contributed by atoms with van der Waals surface area (Å²) in [6.45, 7) is 0.508. The maximum Gasteiger partial charge on any atom is 0.327 e. The van der Waals surface area contributed by atoms with Crippen LogP contribution in [0, 0.1) is 0 Å². The average Bonchev–Trinajstić information content (AvgIpc) is 2.45. The smallest absolute Gasteiger partial charge is 0.318 e. The van der Waals surface area contributed by atoms with Gasteiger partial charge in [0, 0.05) is 11.5 Å². The largest absolute Gasteiger partial charge is 0.327 e. The quantitative estimate of drug-likeness (QED) is 0.777. The van der Waals surface area contributed by atoms with Crippen LogP contribution in [0.15, 0.2) is 28.7 Å². The van der Waals surface area contributed by atoms with E-state index in [1.807, 2.05) is 24.3 Å². The number of nitrogens with zero attached hydrogens (tertiary/aromatic N) is 2. The Balaban J connectivity index is 2.16. The van der Waals surface area contributed by atoms with E-state index in [1.165, 1.54) is 9.80 Å². The number of amides is 3. The number of benzene rings is 1. The second-order valence-corrected chi connectivity index (χ2v) is 4.66. The average molecular weight is 283 g/mol. The first-order valence-electron chi connectivity index (χ1n) is 4.88. The monoisotopic (exact) mass is 282 g/mol. The molecule has 0 unspecified atom stereocenters. The molecular formula is C11H11BrN2O2. The van der Waals surface area contributed by atoms with Crippen LogP contribution >= 0.6 is 15.9 Å². The van der Waals surface area contributed by atoms with Gasteiger partial charge in [0.1, 0.15) is 6.54 Å². The van der Waals surface area contributed by atoms with E-state index >= 15 is 0 Å². The van der Waals surface area contributed by atoms with Crippen molar-refractivity contribution in [1.29, 1.82) is 0 Å². The molecule has 1 saturated heterocycles. The molecule has 0 atom stereocenters. The Morgan fingerprint density at radius 3 is 2.69 bits per heavy atom. The van der Waals surface area contributed by atoms with Crippen LogP contribution in [0.25, 0.3) is 0 Å². The van der Waals surface area contributed by atoms with Crippen molar-refractivity contribution in [1.82, 2.24) is 9.80 Å². The van der Waals surface area contributed by atoms with Crippen molar-refractivity contribution in [3.8, 4) is 0 Å². The van der Waals surface area contributed by atoms with Crippen molar-refractivity contribution in [2.24, 2.45) is 0 Å². The third-order valence-electron chi connectivity index (χ3n) is 2.46. The van der Waals surface area contributed by atoms with Gasteiger partial charge in [-0.2, -0.15) is 0 Å². The van der Waals surface area contributed by atoms with Crippen LogP contribution in [0.4, 0.5) is 4.79 Å². The third kappa shape index (κ3) is 2.09. The van der Waals surface area contributed by atoms with E-state index in [0.29, 0.717) is 6.54 Å². The van der Waals surface area contributed by atoms with Crippen molar-refractivity contribution >= 4 is 27.9 Å². The fourth-order valence-electron chi connectivity index (χ4n) is 1.64. The van der Waals surface area contributed by atoms with Crippen molar-refractivity contribution in [3.05, 3.63) is 34.3 Å². The van der Waals surface area contributed by atoms with Crippen LogP contribution in [0.1, 0.15) is 5.56 Å². The first-order valence-corrected chi connectivity index (χ1v) is 5.67. The van der Waals surface area contributed by atoms with Gasteiger partial charge < -0.3 is 4.90 Å². The summed E-state index contributed by atoms with van der Waals surface area (Å²) < 4.78 is 0.942. The van der Waals surface area contributed by atoms with Gasteiger partial charge in [-0.1, -0.05) is 28.1 Å². The minimum absolute atomic E-state index is 0.146. The molecular weight excluding hydrogens is 272 g/mol. The molecule has 0 bridgehead atoms. The number of carbonyl (C=O) groups is 2. The maximum absolute atomic E-state index is 11.6. The molecule has 0 saturated carbocycles. The molecule has 84 valence electrons. The summed E-state index contributed by atoms with van der Waals surface area (Å²) in [5, 5.41) is 0. The standard InChI is InChI=1S/C11H11BrN2O2/c1-13-7-10(15)14(11(13)16)6-8-3-2-4-9(12)5-8/h2-5H,6-7H2,1H3. The Morgan fingerprint density at radius 2 is 2.12 bits per heavy atom. The van der Waals surface area contributed by atoms with E-state index in [1.54, 1.807) is 7.05 Å². The molecule has 4 nitrogen and oxygen atoms in total. The molecule has 1 fully saturated rings. The highest BCUT2D eigenvalue weighted by Crippen LogP contribution is 2.16. The number of likely N-dealkylation sites (N-methyl/N-ethyl adjacent to an activating group) is 1. The molecule has 0 aliphatic carbocycles. The lowest BCUT2D eigenvalue weighted by atomic mass is 10.2. The summed E-state index contributed by atoms with van der Waals surface area (Å²) in [5.41, 5.74) is 0.936. The van der Waals surface area contributed by atoms with Crippen molar-refractivity contribution in [2.75, 3.05) is 13.6 Å². The predicted molar refractivity (Wildman–Crippen MR) is 62.7 cm³/mol. The van der Waals surface area contributed by atoms with Crippen LogP contribution in [0.2, 0.25) is 0 Å². The molecule has 0 radical (unpaired) electrons. The van der Waals surface area contributed by atoms with Crippen LogP contribution in [0.3, 0.4) is 0 Å². The van der Waals surface area contributed by atoms with Crippen molar-refractivity contribution in [3.63, 3.8) is 0 Å². The molecule has 2 rings (SSSR count). The Labute approximate surface area is 102 Å². The molecule has 1 aliphatic rings. The molecule has 1 heterocycles. The van der Waals surface area contributed by atoms with Gasteiger partial charge in [-0.3, -0.25) is 9.69 Å². The predicted octanol–water partition coefficient (Wildman–Crippen LogP) is 1.84. The van der Waals surface area contributed by atoms with E-state index < -0.39 is 0 Å². The Bertz CT molecular complexity index is 447. The molecule has 0 spiro atoms. The minimum Gasteiger partial charge on any atom is -0.318 e. The van der Waals surface area contributed by atoms with Crippen molar-refractivity contribution < 1.29 is 9.59 Å². The lowest BCUT2D eigenvalue weighted by molar-refractivity contribution is -0.125. The number of hydrogen-bond donors (Lipinski definition) is 0. The highest BCUT2D eigenvalue weighted by molar-refractivity contribution is 9.10. The van der Waals surface area contributed by atoms with E-state index in [-0.39, 0.29) is 18.5 Å². The number of hydrogen-bond acceptors (Lipinski definition) is 2. The fourth-order valence-corrected chi connectivity index (χ4v) is 2.09. The van der Waals surface area contributed by atoms with Crippen LogP contribution < -0.4 is 0 Å². The van der Waals surface area contributed by atoms with Crippen molar-refractivity contribution in [2.45, 2.75) is 6.54 Å². The maximum atomic E-state index is 11.6. The Hall–Kier alpha value is -1.36. The lowest BCUT2D eigenvalue weighted by Gasteiger charge is -2.14. The van der Waals surface area contributed by atoms with Crippen LogP contribution in [-0.2, 0) is 11.3 Å². The SMILES string of the molecule is CN1CC(=O)N(Cc2cccc(Br)c2)C1=O. The molecule has 1 aliphatic heterocycles. The van der Waals surface area contributed by atoms with Gasteiger partial charge >= 0.3 is 6.03 Å². The van der Waals surface area contributed by atoms with Crippen LogP contribution in [0.5, 0.6) is 0 Å². The zero-order valence-electron chi connectivity index (χ0n) is 8.81. The third-order valence-corrected chi connectivity index (χ3v) is 2.95. The summed E-state index contributed by atoms with van der Waals surface area (Å²) >= 11 is 3.35. The Morgan fingerprint density at radius 1 is 1.38 bits per heavy atom. The van der Waals surface area contributed by atoms with Gasteiger partial charge in [0.2, 0.25) is 0 Å². The number of imide groups is 1. The topological polar surface area (TPSA) is 40.6 Å². The fraction of sp³-hybridized carbons (Fsp3) is 0.273. The number of urea groups is 1. The molecule has 16 heavy (non-hydrogen) atoms. The van der Waals surface area contributed by atoms with Gasteiger partial charge in [0.25, 0.3) is 5.91 Å². The highest BCUT2D eigenvalue weighted by atomic mass is 79.9. The van der Waals surface area contributed by atoms with Gasteiger partial charge in [0.15, 0.2) is 0 Å². The normalized spacial score (nSPS) is 16.1. The number of halogens is 1. The van der Waals surface area contributed by atoms with Gasteiger partial charge in [-0.25, -0.2) is 4.79 Å². The number of carbonyl (C=O) groups excluding carboxylic acids is 2. The summed E-state index contributed by atoms with van der Waals surface area (Å²) in [6.07, 6.45) is 0. The van der Waals surface area contributed by atoms with Gasteiger partial charge in [-0.15, -0.1) is 0 Å². The zero-order chi connectivity index (χ0) is 11.7. The molecule has 5 heteroatoms. The first-order chi connectivity index (χ1) is 7.58. The summed E-state index contributed by atoms with van der Waals surface area (Å²) in [4.78, 5) is 25.8. The second-order valence-electron chi connectivity index (χ2n) is 3.75. The van der Waals surface area contributed by atoms with E-state index in [0.717, 1.165) is 10.0 Å². The summed E-state index contributed by atoms with van der Waals surface area (Å²) in [5.74, 6) is -0.146.